The van der Waals surface area contributed by atoms with Gasteiger partial charge in [-0.1, -0.05) is 148 Å². The fourth-order valence-corrected chi connectivity index (χ4v) is 12.5. The fraction of sp³-hybridized carbons (Fsp3) is 0.528. The first-order valence-electron chi connectivity index (χ1n) is 40.3. The summed E-state index contributed by atoms with van der Waals surface area (Å²) in [5.74, 6) is -12.4. The molecule has 0 spiro atoms. The third kappa shape index (κ3) is 61.7. The van der Waals surface area contributed by atoms with Crippen LogP contribution in [0.1, 0.15) is 208 Å². The van der Waals surface area contributed by atoms with Crippen molar-refractivity contribution in [1.82, 2.24) is 10.6 Å². The topological polar surface area (TPSA) is 478 Å². The number of ketones is 1. The van der Waals surface area contributed by atoms with E-state index in [9.17, 15) is 84.9 Å². The van der Waals surface area contributed by atoms with Gasteiger partial charge in [0.1, 0.15) is 72.9 Å². The van der Waals surface area contributed by atoms with Gasteiger partial charge in [0.2, 0.25) is 17.8 Å². The van der Waals surface area contributed by atoms with Crippen molar-refractivity contribution in [2.75, 3.05) is 6.54 Å². The molecule has 0 heterocycles. The molecule has 2 amide bonds. The normalized spacial score (nSPS) is 16.1. The van der Waals surface area contributed by atoms with E-state index in [0.717, 1.165) is 48.5 Å². The van der Waals surface area contributed by atoms with E-state index < -0.39 is 191 Å². The highest BCUT2D eigenvalue weighted by atomic mass is 32.3. The summed E-state index contributed by atoms with van der Waals surface area (Å²) in [5.41, 5.74) is 0.215. The van der Waals surface area contributed by atoms with E-state index >= 15 is 0 Å². The van der Waals surface area contributed by atoms with Crippen LogP contribution in [0.3, 0.4) is 0 Å². The second kappa shape index (κ2) is 64.2. The van der Waals surface area contributed by atoms with Gasteiger partial charge in [0.15, 0.2) is 0 Å². The number of carbonyl (C=O) groups is 15. The third-order valence-corrected chi connectivity index (χ3v) is 17.5. The molecule has 15 atom stereocenters. The third-order valence-electron chi connectivity index (χ3n) is 17.0. The Hall–Kier alpha value is -11.6. The van der Waals surface area contributed by atoms with E-state index in [4.69, 9.17) is 61.4 Å². The maximum absolute atomic E-state index is 14.0. The molecule has 688 valence electrons. The van der Waals surface area contributed by atoms with Crippen molar-refractivity contribution >= 4 is 106 Å². The Bertz CT molecular complexity index is 4060. The largest absolute Gasteiger partial charge is 0.478 e. The lowest BCUT2D eigenvalue weighted by molar-refractivity contribution is -0.159. The van der Waals surface area contributed by atoms with Gasteiger partial charge in [0.25, 0.3) is 0 Å². The molecule has 4 N–H and O–H groups in total. The van der Waals surface area contributed by atoms with E-state index in [2.05, 4.69) is 15.6 Å². The Morgan fingerprint density at radius 1 is 0.395 bits per heavy atom. The quantitative estimate of drug-likeness (QED) is 0.00506. The van der Waals surface area contributed by atoms with E-state index in [-0.39, 0.29) is 88.2 Å². The first-order valence-corrected chi connectivity index (χ1v) is 41.7. The predicted molar refractivity (Wildman–Crippen MR) is 456 cm³/mol. The predicted octanol–water partition coefficient (Wildman–Crippen LogP) is 11.7. The minimum atomic E-state index is -5.13. The molecule has 0 bridgehead atoms. The van der Waals surface area contributed by atoms with Crippen LogP contribution in [-0.2, 0) is 139 Å². The number of hydrogen-bond donors (Lipinski definition) is 4. The number of carbonyl (C=O) groups excluding carboxylic acids is 14. The molecule has 124 heavy (non-hydrogen) atoms. The number of rotatable bonds is 58. The van der Waals surface area contributed by atoms with Crippen LogP contribution in [0.5, 0.6) is 0 Å². The Kier molecular flexibility index (Phi) is 58.2. The summed E-state index contributed by atoms with van der Waals surface area (Å²) < 4.78 is 100. The van der Waals surface area contributed by atoms with Gasteiger partial charge in [-0.3, -0.25) is 77.0 Å². The second-order valence-corrected chi connectivity index (χ2v) is 29.7. The number of carboxylic acid groups (broad SMARTS) is 1. The molecular weight excluding hydrogens is 1640 g/mol. The van der Waals surface area contributed by atoms with Crippen LogP contribution >= 0.6 is 0 Å². The number of unbranched alkanes of at least 4 members (excludes halogenated alkanes) is 1. The summed E-state index contributed by atoms with van der Waals surface area (Å²) in [6.45, 7) is 22.0. The molecule has 0 radical (unpaired) electrons. The van der Waals surface area contributed by atoms with Crippen molar-refractivity contribution in [3.05, 3.63) is 157 Å². The first-order chi connectivity index (χ1) is 58.2. The van der Waals surface area contributed by atoms with E-state index in [1.165, 1.54) is 104 Å². The molecule has 15 unspecified atom stereocenters. The average Bonchev–Trinajstić information content (AvgIpc) is 0.859. The molecular formula is C89H125N3O31S. The van der Waals surface area contributed by atoms with Gasteiger partial charge in [-0.25, -0.2) is 8.98 Å². The number of nitrogens with one attached hydrogen (secondary N) is 2. The van der Waals surface area contributed by atoms with Crippen molar-refractivity contribution < 1.29 is 146 Å². The highest BCUT2D eigenvalue weighted by molar-refractivity contribution is 7.80. The number of Topliss-reactive ketones (excluding diaryl/α,β-unsaturated/α-hetero) is 1. The molecule has 0 aliphatic carbocycles. The maximum atomic E-state index is 14.0. The minimum Gasteiger partial charge on any atom is -0.478 e. The van der Waals surface area contributed by atoms with Gasteiger partial charge in [0, 0.05) is 178 Å². The summed E-state index contributed by atoms with van der Waals surface area (Å²) in [4.78, 5) is 188. The summed E-state index contributed by atoms with van der Waals surface area (Å²) in [6, 6.07) is 0. The number of allylic oxidation sites excluding steroid dienone is 16. The molecule has 0 saturated carbocycles. The highest BCUT2D eigenvalue weighted by Crippen LogP contribution is 2.28. The zero-order chi connectivity index (χ0) is 93.9. The van der Waals surface area contributed by atoms with Crippen LogP contribution in [0.25, 0.3) is 0 Å². The van der Waals surface area contributed by atoms with Crippen molar-refractivity contribution in [2.24, 2.45) is 22.7 Å². The zero-order valence-electron chi connectivity index (χ0n) is 73.8. The van der Waals surface area contributed by atoms with Gasteiger partial charge in [-0.2, -0.15) is 13.4 Å². The molecule has 0 aliphatic rings. The smallest absolute Gasteiger partial charge is 0.397 e. The summed E-state index contributed by atoms with van der Waals surface area (Å²) in [6.07, 6.45) is 28.9. The maximum Gasteiger partial charge on any atom is 0.397 e. The van der Waals surface area contributed by atoms with Crippen molar-refractivity contribution in [1.29, 1.82) is 0 Å². The number of nitrogens with zero attached hydrogens (tertiary/aromatic N) is 1. The molecule has 0 aliphatic heterocycles. The number of carboxylic acids is 1. The van der Waals surface area contributed by atoms with Gasteiger partial charge in [-0.05, 0) is 63.3 Å². The molecule has 0 fully saturated rings. The minimum absolute atomic E-state index is 0.00878. The number of hydrogen-bond acceptors (Lipinski definition) is 29. The van der Waals surface area contributed by atoms with E-state index in [1.54, 1.807) is 79.0 Å². The first kappa shape index (κ1) is 112. The van der Waals surface area contributed by atoms with Gasteiger partial charge in [-0.15, -0.1) is 0 Å². The van der Waals surface area contributed by atoms with Gasteiger partial charge in [0.05, 0.1) is 6.10 Å². The summed E-state index contributed by atoms with van der Waals surface area (Å²) >= 11 is 0. The van der Waals surface area contributed by atoms with Crippen LogP contribution in [0.15, 0.2) is 162 Å². The molecule has 0 aromatic rings. The van der Waals surface area contributed by atoms with Crippen LogP contribution in [0.2, 0.25) is 0 Å². The second-order valence-electron chi connectivity index (χ2n) is 28.7. The average molecular weight is 1770 g/mol. The summed E-state index contributed by atoms with van der Waals surface area (Å²) in [5, 5.41) is 14.2. The number of aliphatic imine (C=N–C) groups is 1. The van der Waals surface area contributed by atoms with Crippen LogP contribution < -0.4 is 10.6 Å². The molecule has 35 heteroatoms. The number of ether oxygens (including phenoxy) is 11. The van der Waals surface area contributed by atoms with E-state index in [0.29, 0.717) is 19.3 Å². The number of guanidine groups is 1. The lowest BCUT2D eigenvalue weighted by Crippen LogP contribution is -2.41. The van der Waals surface area contributed by atoms with Crippen LogP contribution in [-0.4, -0.2) is 193 Å². The Morgan fingerprint density at radius 2 is 0.782 bits per heavy atom. The van der Waals surface area contributed by atoms with Crippen LogP contribution in [0, 0.1) is 17.8 Å². The molecule has 0 aromatic heterocycles. The van der Waals surface area contributed by atoms with Crippen molar-refractivity contribution in [3.63, 3.8) is 0 Å². The Labute approximate surface area is 726 Å². The van der Waals surface area contributed by atoms with Crippen molar-refractivity contribution in [3.8, 4) is 0 Å². The zero-order valence-corrected chi connectivity index (χ0v) is 74.6. The van der Waals surface area contributed by atoms with E-state index in [1.807, 2.05) is 38.2 Å². The molecule has 0 aromatic carbocycles. The number of aliphatic carboxylic acids is 1. The monoisotopic (exact) mass is 1760 g/mol. The lowest BCUT2D eigenvalue weighted by Gasteiger charge is -2.31. The molecule has 0 saturated heterocycles. The SMILES string of the molecule is CC(=O)N=C(NCCCC(CC(C/C=C/C(CC(CC(C/C=C/C(CC(C/C=C/C(CC(CC(=O)C(C)C(C/C=C/C=C/C=C/C=C/C=C/C=C/C(OC(C)=O)C(C)C(OC(C)=O)C(C)/C=C/CC/C=C/C=C/C=C(\C)C(=O)O)OS(=O)(=O)O)OC(C)=O)OC(C)=O)OC(C)=O)OC(C)=O)OC(C)=O)OC(C)=O)OC(C)=O)OC(C)=O)OC(C)=O)NC(C)=O. The van der Waals surface area contributed by atoms with Crippen molar-refractivity contribution in [2.45, 2.75) is 281 Å². The van der Waals surface area contributed by atoms with Gasteiger partial charge < -0.3 is 62.5 Å². The molecule has 34 nitrogen and oxygen atoms in total. The summed E-state index contributed by atoms with van der Waals surface area (Å²) in [7, 11) is -5.13. The lowest BCUT2D eigenvalue weighted by atomic mass is 9.88. The number of amides is 2. The number of esters is 11. The standard InChI is InChI=1S/C89H125N3O31S/c1-58(40-32-28-24-23-25-29-33-41-59(2)88(107)108)87(122-74(17)105)61(4)85(121-73(16)104)49-34-30-26-21-19-18-20-22-27-31-35-50-86(123-124(109,110)111)60(3)84(106)57-83(120-72(15)103)56-80(117-69(12)100)47-38-43-76(113-65(8)96)52-75(112-64(7)95)42-36-45-78(115-67(10)98)54-82(119-71(14)102)55-79(116-68(11)99)46-37-44-77(114-66(9)97)53-81(118-70(13)101)48-39-51-90-89(91-62(5)93)92-63(6)94/h18-23,25-27,29-38,40-42,46-47,49,58,60-61,75-83,85-87H,24,28,39,43-45,48,50-57H2,1-17H3,(H,107,108)(H,109,110,111)(H2,90,91,92,93,94)/b20-18+,21-19+,25-23+,27-22+,30-26+,33-29+,35-31+,40-32+,42-36+,46-37+,47-38+,49-34+,59-41+. The fourth-order valence-electron chi connectivity index (χ4n) is 12.0. The van der Waals surface area contributed by atoms with Gasteiger partial charge >= 0.3 is 82.0 Å². The Balaban J connectivity index is 6.55. The van der Waals surface area contributed by atoms with Crippen LogP contribution in [0.4, 0.5) is 0 Å². The highest BCUT2D eigenvalue weighted by Gasteiger charge is 2.35. The molecule has 0 rings (SSSR count). The Morgan fingerprint density at radius 3 is 1.23 bits per heavy atom.